The van der Waals surface area contributed by atoms with E-state index >= 15 is 0 Å². The summed E-state index contributed by atoms with van der Waals surface area (Å²) in [6.45, 7) is 5.89. The van der Waals surface area contributed by atoms with Crippen LogP contribution in [0.1, 0.15) is 43.9 Å². The van der Waals surface area contributed by atoms with E-state index in [9.17, 15) is 9.90 Å². The Morgan fingerprint density at radius 3 is 2.85 bits per heavy atom. The molecule has 2 saturated heterocycles. The van der Waals surface area contributed by atoms with Crippen molar-refractivity contribution in [2.75, 3.05) is 19.7 Å². The van der Waals surface area contributed by atoms with Gasteiger partial charge in [-0.15, -0.1) is 0 Å². The van der Waals surface area contributed by atoms with Gasteiger partial charge in [-0.2, -0.15) is 0 Å². The molecule has 2 fully saturated rings. The van der Waals surface area contributed by atoms with Gasteiger partial charge in [0.2, 0.25) is 5.91 Å². The van der Waals surface area contributed by atoms with Crippen molar-refractivity contribution in [3.05, 3.63) is 35.8 Å². The first kappa shape index (κ1) is 17.5. The lowest BCUT2D eigenvalue weighted by molar-refractivity contribution is -0.175. The molecule has 1 atom stereocenters. The van der Waals surface area contributed by atoms with E-state index in [0.29, 0.717) is 39.0 Å². The van der Waals surface area contributed by atoms with Gasteiger partial charge in [-0.3, -0.25) is 4.79 Å². The first-order valence-corrected chi connectivity index (χ1v) is 9.43. The van der Waals surface area contributed by atoms with Crippen molar-refractivity contribution < 1.29 is 14.6 Å². The molecule has 0 saturated carbocycles. The molecule has 140 valence electrons. The second-order valence-corrected chi connectivity index (χ2v) is 8.15. The van der Waals surface area contributed by atoms with E-state index in [1.165, 1.54) is 0 Å². The summed E-state index contributed by atoms with van der Waals surface area (Å²) in [6, 6.07) is 4.01. The third-order valence-electron chi connectivity index (χ3n) is 5.92. The average molecular weight is 357 g/mol. The standard InChI is InChI=1S/C20H27N3O3/c1-15-4-3-8-23-16(13-21-18(15)23)12-17(24)22-9-5-20(6-10-22)14-19(2,25)7-11-26-20/h3-4,8,13,25H,5-7,9-12,14H2,1-2H3. The highest BCUT2D eigenvalue weighted by atomic mass is 16.5. The Balaban J connectivity index is 1.41. The van der Waals surface area contributed by atoms with E-state index in [-0.39, 0.29) is 11.5 Å². The van der Waals surface area contributed by atoms with E-state index in [1.54, 1.807) is 6.20 Å². The van der Waals surface area contributed by atoms with Gasteiger partial charge in [0.05, 0.1) is 29.9 Å². The molecule has 4 heterocycles. The molecule has 1 amide bonds. The number of hydrogen-bond donors (Lipinski definition) is 1. The van der Waals surface area contributed by atoms with E-state index in [0.717, 1.165) is 29.7 Å². The van der Waals surface area contributed by atoms with Crippen LogP contribution >= 0.6 is 0 Å². The lowest BCUT2D eigenvalue weighted by Crippen LogP contribution is -2.54. The fraction of sp³-hybridized carbons (Fsp3) is 0.600. The van der Waals surface area contributed by atoms with Crippen LogP contribution in [0.2, 0.25) is 0 Å². The van der Waals surface area contributed by atoms with Crippen LogP contribution < -0.4 is 0 Å². The van der Waals surface area contributed by atoms with Crippen LogP contribution in [-0.4, -0.2) is 56.2 Å². The number of carbonyl (C=O) groups is 1. The zero-order chi connectivity index (χ0) is 18.4. The van der Waals surface area contributed by atoms with Gasteiger partial charge >= 0.3 is 0 Å². The summed E-state index contributed by atoms with van der Waals surface area (Å²) >= 11 is 0. The number of hydrogen-bond acceptors (Lipinski definition) is 4. The van der Waals surface area contributed by atoms with Crippen molar-refractivity contribution in [3.63, 3.8) is 0 Å². The van der Waals surface area contributed by atoms with Crippen molar-refractivity contribution in [1.82, 2.24) is 14.3 Å². The Morgan fingerprint density at radius 2 is 2.12 bits per heavy atom. The topological polar surface area (TPSA) is 67.1 Å². The molecule has 1 unspecified atom stereocenters. The second-order valence-electron chi connectivity index (χ2n) is 8.15. The molecule has 2 aliphatic heterocycles. The van der Waals surface area contributed by atoms with Gasteiger partial charge in [0.1, 0.15) is 5.65 Å². The molecule has 26 heavy (non-hydrogen) atoms. The highest BCUT2D eigenvalue weighted by molar-refractivity contribution is 5.78. The van der Waals surface area contributed by atoms with Gasteiger partial charge in [0, 0.05) is 31.9 Å². The molecule has 0 aromatic carbocycles. The largest absolute Gasteiger partial charge is 0.390 e. The molecule has 0 radical (unpaired) electrons. The normalized spacial score (nSPS) is 25.7. The Hall–Kier alpha value is -1.92. The number of likely N-dealkylation sites (tertiary alicyclic amines) is 1. The van der Waals surface area contributed by atoms with Crippen LogP contribution in [0.4, 0.5) is 0 Å². The van der Waals surface area contributed by atoms with Gasteiger partial charge in [-0.05, 0) is 44.7 Å². The summed E-state index contributed by atoms with van der Waals surface area (Å²) < 4.78 is 8.03. The van der Waals surface area contributed by atoms with Gasteiger partial charge < -0.3 is 19.1 Å². The molecule has 4 rings (SSSR count). The lowest BCUT2D eigenvalue weighted by Gasteiger charge is -2.48. The minimum Gasteiger partial charge on any atom is -0.390 e. The van der Waals surface area contributed by atoms with Crippen LogP contribution in [-0.2, 0) is 16.0 Å². The number of fused-ring (bicyclic) bond motifs is 1. The number of aryl methyl sites for hydroxylation is 1. The Labute approximate surface area is 153 Å². The maximum atomic E-state index is 12.8. The fourth-order valence-corrected chi connectivity index (χ4v) is 4.41. The van der Waals surface area contributed by atoms with Gasteiger partial charge in [0.25, 0.3) is 0 Å². The Kier molecular flexibility index (Phi) is 4.28. The van der Waals surface area contributed by atoms with Crippen molar-refractivity contribution in [2.45, 2.75) is 57.2 Å². The summed E-state index contributed by atoms with van der Waals surface area (Å²) in [6.07, 6.45) is 7.05. The van der Waals surface area contributed by atoms with Crippen LogP contribution in [0.5, 0.6) is 0 Å². The van der Waals surface area contributed by atoms with Crippen molar-refractivity contribution in [2.24, 2.45) is 0 Å². The minimum absolute atomic E-state index is 0.130. The zero-order valence-corrected chi connectivity index (χ0v) is 15.6. The molecular formula is C20H27N3O3. The maximum absolute atomic E-state index is 12.8. The monoisotopic (exact) mass is 357 g/mol. The number of carbonyl (C=O) groups excluding carboxylic acids is 1. The number of aliphatic hydroxyl groups is 1. The predicted octanol–water partition coefficient (Wildman–Crippen LogP) is 2.11. The number of piperidine rings is 1. The van der Waals surface area contributed by atoms with Crippen molar-refractivity contribution >= 4 is 11.6 Å². The molecule has 1 spiro atoms. The first-order chi connectivity index (χ1) is 12.4. The third kappa shape index (κ3) is 3.23. The van der Waals surface area contributed by atoms with E-state index in [1.807, 2.05) is 41.5 Å². The SMILES string of the molecule is Cc1cccn2c(CC(=O)N3CCC4(CC3)CC(C)(O)CCO4)cnc12. The van der Waals surface area contributed by atoms with E-state index in [4.69, 9.17) is 4.74 Å². The quantitative estimate of drug-likeness (QED) is 0.894. The molecule has 1 N–H and O–H groups in total. The number of aromatic nitrogens is 2. The van der Waals surface area contributed by atoms with Crippen LogP contribution in [0.15, 0.2) is 24.5 Å². The van der Waals surface area contributed by atoms with Gasteiger partial charge in [-0.25, -0.2) is 4.98 Å². The van der Waals surface area contributed by atoms with E-state index < -0.39 is 5.60 Å². The van der Waals surface area contributed by atoms with Crippen LogP contribution in [0.3, 0.4) is 0 Å². The average Bonchev–Trinajstić information content (AvgIpc) is 2.99. The number of rotatable bonds is 2. The van der Waals surface area contributed by atoms with Gasteiger partial charge in [0.15, 0.2) is 0 Å². The molecule has 2 aromatic rings. The maximum Gasteiger partial charge on any atom is 0.228 e. The third-order valence-corrected chi connectivity index (χ3v) is 5.92. The number of ether oxygens (including phenoxy) is 1. The molecule has 6 nitrogen and oxygen atoms in total. The fourth-order valence-electron chi connectivity index (χ4n) is 4.41. The molecule has 2 aliphatic rings. The zero-order valence-electron chi connectivity index (χ0n) is 15.6. The highest BCUT2D eigenvalue weighted by Gasteiger charge is 2.44. The van der Waals surface area contributed by atoms with Crippen LogP contribution in [0.25, 0.3) is 5.65 Å². The molecular weight excluding hydrogens is 330 g/mol. The summed E-state index contributed by atoms with van der Waals surface area (Å²) in [5.74, 6) is 0.130. The van der Waals surface area contributed by atoms with Crippen molar-refractivity contribution in [3.8, 4) is 0 Å². The smallest absolute Gasteiger partial charge is 0.228 e. The summed E-state index contributed by atoms with van der Waals surface area (Å²) in [7, 11) is 0. The predicted molar refractivity (Wildman–Crippen MR) is 98.0 cm³/mol. The molecule has 0 aliphatic carbocycles. The number of amides is 1. The number of pyridine rings is 1. The van der Waals surface area contributed by atoms with Crippen LogP contribution in [0, 0.1) is 6.92 Å². The lowest BCUT2D eigenvalue weighted by atomic mass is 9.78. The molecule has 6 heteroatoms. The molecule has 2 aromatic heterocycles. The number of nitrogens with zero attached hydrogens (tertiary/aromatic N) is 3. The second kappa shape index (κ2) is 6.35. The summed E-state index contributed by atoms with van der Waals surface area (Å²) in [5.41, 5.74) is 2.02. The molecule has 0 bridgehead atoms. The highest BCUT2D eigenvalue weighted by Crippen LogP contribution is 2.39. The summed E-state index contributed by atoms with van der Waals surface area (Å²) in [4.78, 5) is 19.2. The Bertz CT molecular complexity index is 819. The van der Waals surface area contributed by atoms with E-state index in [2.05, 4.69) is 4.98 Å². The number of imidazole rings is 1. The minimum atomic E-state index is -0.654. The Morgan fingerprint density at radius 1 is 1.35 bits per heavy atom. The van der Waals surface area contributed by atoms with Crippen molar-refractivity contribution in [1.29, 1.82) is 0 Å². The summed E-state index contributed by atoms with van der Waals surface area (Å²) in [5, 5.41) is 10.4. The first-order valence-electron chi connectivity index (χ1n) is 9.43. The van der Waals surface area contributed by atoms with Gasteiger partial charge in [-0.1, -0.05) is 6.07 Å².